The number of aliphatic carboxylic acids is 1. The molecule has 1 atom stereocenters. The molecule has 0 spiro atoms. The second-order valence-corrected chi connectivity index (χ2v) is 9.76. The maximum Gasteiger partial charge on any atom is 0.323 e. The number of thioether (sulfide) groups is 1. The fourth-order valence-electron chi connectivity index (χ4n) is 3.64. The number of methoxy groups -OCH3 is 1. The molecular weight excluding hydrogens is 510 g/mol. The average Bonchev–Trinajstić information content (AvgIpc) is 3.16. The largest absolute Gasteiger partial charge is 0.487 e. The maximum absolute atomic E-state index is 12.7. The molecule has 3 aromatic rings. The smallest absolute Gasteiger partial charge is 0.323 e. The molecule has 1 N–H and O–H groups in total. The highest BCUT2D eigenvalue weighted by Gasteiger charge is 2.33. The van der Waals surface area contributed by atoms with E-state index in [0.717, 1.165) is 27.8 Å². The Morgan fingerprint density at radius 3 is 2.41 bits per heavy atom. The number of carbonyl (C=O) groups excluding carboxylic acids is 1. The van der Waals surface area contributed by atoms with Crippen LogP contribution in [0.2, 0.25) is 0 Å². The van der Waals surface area contributed by atoms with Crippen LogP contribution in [0, 0.1) is 0 Å². The molecule has 1 aliphatic rings. The predicted molar refractivity (Wildman–Crippen MR) is 146 cm³/mol. The van der Waals surface area contributed by atoms with Crippen LogP contribution in [0.15, 0.2) is 83.8 Å². The molecule has 3 aromatic carbocycles. The molecule has 0 aliphatic carbocycles. The molecule has 9 heteroatoms. The van der Waals surface area contributed by atoms with E-state index in [-0.39, 0.29) is 17.0 Å². The Kier molecular flexibility index (Phi) is 8.95. The summed E-state index contributed by atoms with van der Waals surface area (Å²) >= 11 is 6.26. The van der Waals surface area contributed by atoms with Crippen molar-refractivity contribution in [1.82, 2.24) is 4.90 Å². The number of carboxylic acid groups (broad SMARTS) is 1. The average molecular weight is 536 g/mol. The number of hydrogen-bond acceptors (Lipinski definition) is 7. The topological polar surface area (TPSA) is 85.3 Å². The van der Waals surface area contributed by atoms with E-state index in [0.29, 0.717) is 28.6 Å². The number of thiocarbonyl (C=S) groups is 1. The summed E-state index contributed by atoms with van der Waals surface area (Å²) in [6.07, 6.45) is 1.40. The second-order valence-electron chi connectivity index (χ2n) is 8.09. The number of amides is 1. The van der Waals surface area contributed by atoms with Crippen molar-refractivity contribution < 1.29 is 28.9 Å². The molecule has 1 heterocycles. The van der Waals surface area contributed by atoms with Gasteiger partial charge in [0.2, 0.25) is 0 Å². The summed E-state index contributed by atoms with van der Waals surface area (Å²) in [5.74, 6) is -0.526. The summed E-state index contributed by atoms with van der Waals surface area (Å²) in [6, 6.07) is 24.9. The van der Waals surface area contributed by atoms with Gasteiger partial charge < -0.3 is 19.3 Å². The standard InChI is InChI=1S/C28H25NO6S2/c1-33-24(21-10-6-3-7-11-21)18-35-22-13-12-20(14-23(22)34-17-19-8-4-2-5-9-19)15-25-27(32)29(16-26(30)31)28(36)37-25/h2-15,24H,16-18H2,1H3,(H,30,31)/b25-15-/t24-/m1/s1. The molecule has 7 nitrogen and oxygen atoms in total. The molecule has 37 heavy (non-hydrogen) atoms. The van der Waals surface area contributed by atoms with Gasteiger partial charge in [-0.2, -0.15) is 0 Å². The third-order valence-electron chi connectivity index (χ3n) is 5.52. The highest BCUT2D eigenvalue weighted by molar-refractivity contribution is 8.26. The molecule has 0 saturated carbocycles. The summed E-state index contributed by atoms with van der Waals surface area (Å²) in [5, 5.41) is 9.06. The molecule has 0 bridgehead atoms. The summed E-state index contributed by atoms with van der Waals surface area (Å²) in [7, 11) is 1.64. The lowest BCUT2D eigenvalue weighted by Gasteiger charge is -2.19. The van der Waals surface area contributed by atoms with E-state index in [1.54, 1.807) is 31.4 Å². The van der Waals surface area contributed by atoms with Crippen molar-refractivity contribution in [1.29, 1.82) is 0 Å². The molecule has 1 saturated heterocycles. The van der Waals surface area contributed by atoms with Crippen molar-refractivity contribution >= 4 is 46.3 Å². The second kappa shape index (κ2) is 12.5. The van der Waals surface area contributed by atoms with Crippen LogP contribution in [0.5, 0.6) is 11.5 Å². The van der Waals surface area contributed by atoms with Crippen LogP contribution in [0.1, 0.15) is 22.8 Å². The van der Waals surface area contributed by atoms with Crippen molar-refractivity contribution in [2.24, 2.45) is 0 Å². The number of benzene rings is 3. The van der Waals surface area contributed by atoms with Crippen molar-refractivity contribution in [3.05, 3.63) is 100 Å². The molecule has 0 unspecified atom stereocenters. The zero-order valence-electron chi connectivity index (χ0n) is 20.0. The van der Waals surface area contributed by atoms with Crippen LogP contribution in [0.4, 0.5) is 0 Å². The Labute approximate surface area is 224 Å². The van der Waals surface area contributed by atoms with E-state index in [2.05, 4.69) is 0 Å². The lowest BCUT2D eigenvalue weighted by Crippen LogP contribution is -2.33. The summed E-state index contributed by atoms with van der Waals surface area (Å²) < 4.78 is 18.1. The Morgan fingerprint density at radius 2 is 1.73 bits per heavy atom. The van der Waals surface area contributed by atoms with Gasteiger partial charge in [0.15, 0.2) is 11.5 Å². The highest BCUT2D eigenvalue weighted by Crippen LogP contribution is 2.35. The highest BCUT2D eigenvalue weighted by atomic mass is 32.2. The number of carboxylic acids is 1. The monoisotopic (exact) mass is 535 g/mol. The van der Waals surface area contributed by atoms with Crippen LogP contribution in [-0.4, -0.2) is 46.5 Å². The first-order valence-electron chi connectivity index (χ1n) is 11.4. The molecule has 1 amide bonds. The van der Waals surface area contributed by atoms with Gasteiger partial charge in [-0.15, -0.1) is 0 Å². The first-order chi connectivity index (χ1) is 17.9. The number of ether oxygens (including phenoxy) is 3. The normalized spacial score (nSPS) is 15.2. The molecule has 1 fully saturated rings. The van der Waals surface area contributed by atoms with E-state index < -0.39 is 18.4 Å². The summed E-state index contributed by atoms with van der Waals surface area (Å²) in [6.45, 7) is 0.130. The fraction of sp³-hybridized carbons (Fsp3) is 0.179. The zero-order chi connectivity index (χ0) is 26.2. The van der Waals surface area contributed by atoms with E-state index in [4.69, 9.17) is 31.5 Å². The van der Waals surface area contributed by atoms with Crippen molar-refractivity contribution in [3.63, 3.8) is 0 Å². The van der Waals surface area contributed by atoms with Gasteiger partial charge in [-0.3, -0.25) is 14.5 Å². The van der Waals surface area contributed by atoms with Crippen LogP contribution < -0.4 is 9.47 Å². The van der Waals surface area contributed by atoms with E-state index >= 15 is 0 Å². The van der Waals surface area contributed by atoms with Crippen LogP contribution in [0.25, 0.3) is 6.08 Å². The van der Waals surface area contributed by atoms with Crippen molar-refractivity contribution in [3.8, 4) is 11.5 Å². The van der Waals surface area contributed by atoms with Gasteiger partial charge in [0.1, 0.15) is 30.2 Å². The lowest BCUT2D eigenvalue weighted by molar-refractivity contribution is -0.140. The molecule has 0 aromatic heterocycles. The van der Waals surface area contributed by atoms with Crippen LogP contribution >= 0.6 is 24.0 Å². The van der Waals surface area contributed by atoms with Crippen LogP contribution in [-0.2, 0) is 20.9 Å². The number of rotatable bonds is 11. The van der Waals surface area contributed by atoms with Crippen molar-refractivity contribution in [2.75, 3.05) is 20.3 Å². The molecule has 4 rings (SSSR count). The van der Waals surface area contributed by atoms with Crippen LogP contribution in [0.3, 0.4) is 0 Å². The molecule has 1 aliphatic heterocycles. The van der Waals surface area contributed by atoms with E-state index in [9.17, 15) is 9.59 Å². The predicted octanol–water partition coefficient (Wildman–Crippen LogP) is 5.32. The SMILES string of the molecule is CO[C@H](COc1ccc(/C=C2\SC(=S)N(CC(=O)O)C2=O)cc1OCc1ccccc1)c1ccccc1. The first kappa shape index (κ1) is 26.4. The Bertz CT molecular complexity index is 1300. The van der Waals surface area contributed by atoms with Gasteiger partial charge in [0.05, 0.1) is 4.91 Å². The molecule has 0 radical (unpaired) electrons. The minimum atomic E-state index is -1.12. The van der Waals surface area contributed by atoms with Gasteiger partial charge >= 0.3 is 5.97 Å². The third-order valence-corrected chi connectivity index (χ3v) is 6.89. The van der Waals surface area contributed by atoms with Gasteiger partial charge in [-0.25, -0.2) is 0 Å². The molecular formula is C28H25NO6S2. The minimum Gasteiger partial charge on any atom is -0.487 e. The molecule has 190 valence electrons. The lowest BCUT2D eigenvalue weighted by atomic mass is 10.1. The van der Waals surface area contributed by atoms with Crippen molar-refractivity contribution in [2.45, 2.75) is 12.7 Å². The van der Waals surface area contributed by atoms with Gasteiger partial charge in [0, 0.05) is 7.11 Å². The zero-order valence-corrected chi connectivity index (χ0v) is 21.7. The minimum absolute atomic E-state index is 0.214. The quantitative estimate of drug-likeness (QED) is 0.261. The van der Waals surface area contributed by atoms with E-state index in [1.807, 2.05) is 60.7 Å². The summed E-state index contributed by atoms with van der Waals surface area (Å²) in [5.41, 5.74) is 2.68. The number of nitrogens with zero attached hydrogens (tertiary/aromatic N) is 1. The Morgan fingerprint density at radius 1 is 1.03 bits per heavy atom. The Hall–Kier alpha value is -3.66. The Balaban J connectivity index is 1.57. The maximum atomic E-state index is 12.7. The first-order valence-corrected chi connectivity index (χ1v) is 12.7. The summed E-state index contributed by atoms with van der Waals surface area (Å²) in [4.78, 5) is 25.2. The number of carbonyl (C=O) groups is 2. The van der Waals surface area contributed by atoms with E-state index in [1.165, 1.54) is 0 Å². The number of hydrogen-bond donors (Lipinski definition) is 1. The third kappa shape index (κ3) is 6.97. The van der Waals surface area contributed by atoms with Gasteiger partial charge in [-0.05, 0) is 34.9 Å². The van der Waals surface area contributed by atoms with Gasteiger partial charge in [0.25, 0.3) is 5.91 Å². The fourth-order valence-corrected chi connectivity index (χ4v) is 4.89. The van der Waals surface area contributed by atoms with Gasteiger partial charge in [-0.1, -0.05) is 90.7 Å².